The van der Waals surface area contributed by atoms with E-state index >= 15 is 0 Å². The number of pyridine rings is 1. The van der Waals surface area contributed by atoms with Gasteiger partial charge in [-0.25, -0.2) is 4.98 Å². The maximum atomic E-state index is 12.5. The van der Waals surface area contributed by atoms with Crippen molar-refractivity contribution in [1.29, 1.82) is 0 Å². The highest BCUT2D eigenvalue weighted by Crippen LogP contribution is 2.05. The van der Waals surface area contributed by atoms with E-state index in [1.165, 1.54) is 18.3 Å². The summed E-state index contributed by atoms with van der Waals surface area (Å²) in [5.41, 5.74) is 0.405. The molecule has 0 aromatic carbocycles. The van der Waals surface area contributed by atoms with Crippen LogP contribution in [0.4, 0.5) is 4.39 Å². The van der Waals surface area contributed by atoms with Gasteiger partial charge in [-0.15, -0.1) is 0 Å². The van der Waals surface area contributed by atoms with Crippen LogP contribution >= 0.6 is 0 Å². The largest absolute Gasteiger partial charge is 0.339 e. The molecule has 0 atom stereocenters. The number of halogens is 1. The van der Waals surface area contributed by atoms with Gasteiger partial charge in [-0.05, 0) is 26.0 Å². The Balaban J connectivity index is 2.84. The van der Waals surface area contributed by atoms with Crippen molar-refractivity contribution in [3.05, 3.63) is 29.8 Å². The van der Waals surface area contributed by atoms with Crippen LogP contribution in [0.3, 0.4) is 0 Å². The summed E-state index contributed by atoms with van der Waals surface area (Å²) in [6.45, 7) is 3.82. The fourth-order valence-electron chi connectivity index (χ4n) is 0.940. The zero-order chi connectivity index (χ0) is 10.7. The molecule has 1 rings (SSSR count). The Hall–Kier alpha value is -1.45. The number of hydrogen-bond acceptors (Lipinski definition) is 2. The van der Waals surface area contributed by atoms with E-state index in [-0.39, 0.29) is 11.9 Å². The minimum Gasteiger partial charge on any atom is -0.339 e. The Morgan fingerprint density at radius 1 is 1.50 bits per heavy atom. The first-order valence-electron chi connectivity index (χ1n) is 4.41. The lowest BCUT2D eigenvalue weighted by atomic mass is 10.2. The van der Waals surface area contributed by atoms with Gasteiger partial charge in [-0.1, -0.05) is 0 Å². The molecule has 4 heteroatoms. The zero-order valence-corrected chi connectivity index (χ0v) is 8.49. The van der Waals surface area contributed by atoms with Crippen molar-refractivity contribution in [2.24, 2.45) is 0 Å². The highest BCUT2D eigenvalue weighted by Gasteiger charge is 2.14. The summed E-state index contributed by atoms with van der Waals surface area (Å²) in [6.07, 6.45) is 1.25. The molecule has 0 bridgehead atoms. The summed E-state index contributed by atoms with van der Waals surface area (Å²) in [5, 5.41) is 0. The lowest BCUT2D eigenvalue weighted by Crippen LogP contribution is -2.33. The Kier molecular flexibility index (Phi) is 3.17. The molecule has 1 amide bonds. The second-order valence-corrected chi connectivity index (χ2v) is 3.38. The highest BCUT2D eigenvalue weighted by molar-refractivity contribution is 5.93. The van der Waals surface area contributed by atoms with E-state index in [2.05, 4.69) is 4.98 Å². The first-order valence-corrected chi connectivity index (χ1v) is 4.41. The maximum Gasteiger partial charge on any atom is 0.255 e. The van der Waals surface area contributed by atoms with Gasteiger partial charge >= 0.3 is 0 Å². The van der Waals surface area contributed by atoms with E-state index in [1.54, 1.807) is 11.9 Å². The summed E-state index contributed by atoms with van der Waals surface area (Å²) >= 11 is 0. The number of hydrogen-bond donors (Lipinski definition) is 0. The smallest absolute Gasteiger partial charge is 0.255 e. The van der Waals surface area contributed by atoms with Gasteiger partial charge in [-0.2, -0.15) is 4.39 Å². The van der Waals surface area contributed by atoms with E-state index in [4.69, 9.17) is 0 Å². The SMILES string of the molecule is CC(C)N(C)C(=O)c1ccc(F)nc1. The van der Waals surface area contributed by atoms with E-state index in [9.17, 15) is 9.18 Å². The molecular formula is C10H13FN2O. The lowest BCUT2D eigenvalue weighted by Gasteiger charge is -2.21. The molecule has 0 saturated heterocycles. The molecule has 0 unspecified atom stereocenters. The predicted molar refractivity (Wildman–Crippen MR) is 51.4 cm³/mol. The molecule has 1 heterocycles. The number of nitrogens with zero attached hydrogens (tertiary/aromatic N) is 2. The van der Waals surface area contributed by atoms with Crippen LogP contribution in [0.25, 0.3) is 0 Å². The van der Waals surface area contributed by atoms with Crippen LogP contribution in [0.15, 0.2) is 18.3 Å². The van der Waals surface area contributed by atoms with Gasteiger partial charge in [0.05, 0.1) is 5.56 Å². The average molecular weight is 196 g/mol. The van der Waals surface area contributed by atoms with Crippen molar-refractivity contribution >= 4 is 5.91 Å². The third-order valence-electron chi connectivity index (χ3n) is 2.07. The van der Waals surface area contributed by atoms with Crippen LogP contribution in [0.2, 0.25) is 0 Å². The minimum atomic E-state index is -0.575. The highest BCUT2D eigenvalue weighted by atomic mass is 19.1. The van der Waals surface area contributed by atoms with Crippen molar-refractivity contribution in [2.45, 2.75) is 19.9 Å². The van der Waals surface area contributed by atoms with Gasteiger partial charge < -0.3 is 4.90 Å². The summed E-state index contributed by atoms with van der Waals surface area (Å²) in [6, 6.07) is 2.73. The van der Waals surface area contributed by atoms with Crippen LogP contribution in [0.1, 0.15) is 24.2 Å². The van der Waals surface area contributed by atoms with Crippen molar-refractivity contribution in [3.63, 3.8) is 0 Å². The molecule has 1 aromatic rings. The van der Waals surface area contributed by atoms with Crippen LogP contribution < -0.4 is 0 Å². The Morgan fingerprint density at radius 2 is 2.14 bits per heavy atom. The van der Waals surface area contributed by atoms with Gasteiger partial charge in [0, 0.05) is 19.3 Å². The van der Waals surface area contributed by atoms with Crippen LogP contribution in [-0.2, 0) is 0 Å². The van der Waals surface area contributed by atoms with Gasteiger partial charge in [0.25, 0.3) is 5.91 Å². The maximum absolute atomic E-state index is 12.5. The minimum absolute atomic E-state index is 0.118. The van der Waals surface area contributed by atoms with Crippen molar-refractivity contribution in [3.8, 4) is 0 Å². The van der Waals surface area contributed by atoms with E-state index in [0.717, 1.165) is 0 Å². The first kappa shape index (κ1) is 10.6. The number of aromatic nitrogens is 1. The number of rotatable bonds is 2. The number of carbonyl (C=O) groups excluding carboxylic acids is 1. The fraction of sp³-hybridized carbons (Fsp3) is 0.400. The predicted octanol–water partition coefficient (Wildman–Crippen LogP) is 1.70. The first-order chi connectivity index (χ1) is 6.52. The zero-order valence-electron chi connectivity index (χ0n) is 8.49. The van der Waals surface area contributed by atoms with Crippen molar-refractivity contribution in [2.75, 3.05) is 7.05 Å². The molecule has 0 saturated carbocycles. The van der Waals surface area contributed by atoms with Gasteiger partial charge in [0.2, 0.25) is 5.95 Å². The van der Waals surface area contributed by atoms with E-state index < -0.39 is 5.95 Å². The van der Waals surface area contributed by atoms with E-state index in [1.807, 2.05) is 13.8 Å². The number of amides is 1. The molecule has 0 fully saturated rings. The summed E-state index contributed by atoms with van der Waals surface area (Å²) < 4.78 is 12.5. The van der Waals surface area contributed by atoms with Crippen LogP contribution in [0.5, 0.6) is 0 Å². The quantitative estimate of drug-likeness (QED) is 0.674. The Morgan fingerprint density at radius 3 is 2.57 bits per heavy atom. The summed E-state index contributed by atoms with van der Waals surface area (Å²) in [7, 11) is 1.70. The van der Waals surface area contributed by atoms with Gasteiger partial charge in [0.15, 0.2) is 0 Å². The van der Waals surface area contributed by atoms with Crippen molar-refractivity contribution < 1.29 is 9.18 Å². The van der Waals surface area contributed by atoms with E-state index in [0.29, 0.717) is 5.56 Å². The normalized spacial score (nSPS) is 10.4. The fourth-order valence-corrected chi connectivity index (χ4v) is 0.940. The second-order valence-electron chi connectivity index (χ2n) is 3.38. The third kappa shape index (κ3) is 2.28. The second kappa shape index (κ2) is 4.17. The number of carbonyl (C=O) groups is 1. The van der Waals surface area contributed by atoms with Gasteiger partial charge in [0.1, 0.15) is 0 Å². The Bertz CT molecular complexity index is 321. The molecule has 0 spiro atoms. The standard InChI is InChI=1S/C10H13FN2O/c1-7(2)13(3)10(14)8-4-5-9(11)12-6-8/h4-7H,1-3H3. The van der Waals surface area contributed by atoms with Gasteiger partial charge in [-0.3, -0.25) is 4.79 Å². The molecule has 76 valence electrons. The van der Waals surface area contributed by atoms with Crippen molar-refractivity contribution in [1.82, 2.24) is 9.88 Å². The molecule has 1 aromatic heterocycles. The average Bonchev–Trinajstić information content (AvgIpc) is 2.16. The van der Waals surface area contributed by atoms with Crippen LogP contribution in [0, 0.1) is 5.95 Å². The van der Waals surface area contributed by atoms with Crippen LogP contribution in [-0.4, -0.2) is 28.9 Å². The third-order valence-corrected chi connectivity index (χ3v) is 2.07. The monoisotopic (exact) mass is 196 g/mol. The molecule has 3 nitrogen and oxygen atoms in total. The molecule has 0 aliphatic carbocycles. The molecular weight excluding hydrogens is 183 g/mol. The summed E-state index contributed by atoms with van der Waals surface area (Å²) in [5.74, 6) is -0.721. The Labute approximate surface area is 82.6 Å². The lowest BCUT2D eigenvalue weighted by molar-refractivity contribution is 0.0754. The molecule has 0 N–H and O–H groups in total. The summed E-state index contributed by atoms with van der Waals surface area (Å²) in [4.78, 5) is 16.7. The molecule has 0 radical (unpaired) electrons. The molecule has 14 heavy (non-hydrogen) atoms. The molecule has 0 aliphatic heterocycles. The molecule has 0 aliphatic rings. The topological polar surface area (TPSA) is 33.2 Å².